The Labute approximate surface area is 139 Å². The molecule has 1 amide bonds. The van der Waals surface area contributed by atoms with Gasteiger partial charge in [0.15, 0.2) is 0 Å². The number of rotatable bonds is 4. The van der Waals surface area contributed by atoms with Crippen LogP contribution in [0.2, 0.25) is 0 Å². The number of carboxylic acids is 1. The zero-order valence-corrected chi connectivity index (χ0v) is 13.1. The molecule has 5 nitrogen and oxygen atoms in total. The molecule has 0 aromatic heterocycles. The highest BCUT2D eigenvalue weighted by atomic mass is 16.4. The number of nitrogens with zero attached hydrogens (tertiary/aromatic N) is 1. The van der Waals surface area contributed by atoms with E-state index in [9.17, 15) is 9.59 Å². The maximum absolute atomic E-state index is 12.3. The molecule has 24 heavy (non-hydrogen) atoms. The predicted octanol–water partition coefficient (Wildman–Crippen LogP) is 3.04. The van der Waals surface area contributed by atoms with Crippen molar-refractivity contribution in [3.05, 3.63) is 54.1 Å². The second-order valence-electron chi connectivity index (χ2n) is 6.32. The van der Waals surface area contributed by atoms with Crippen molar-refractivity contribution in [3.8, 4) is 0 Å². The fourth-order valence-corrected chi connectivity index (χ4v) is 3.39. The highest BCUT2D eigenvalue weighted by molar-refractivity contribution is 6.00. The minimum atomic E-state index is -0.892. The van der Waals surface area contributed by atoms with E-state index in [0.29, 0.717) is 6.42 Å². The molecule has 122 valence electrons. The Morgan fingerprint density at radius 3 is 2.46 bits per heavy atom. The van der Waals surface area contributed by atoms with Crippen LogP contribution < -0.4 is 10.2 Å². The Hall–Kier alpha value is -2.82. The largest absolute Gasteiger partial charge is 0.481 e. The molecule has 1 aliphatic carbocycles. The highest BCUT2D eigenvalue weighted by Crippen LogP contribution is 2.41. The molecular formula is C19H18N2O3. The molecule has 1 fully saturated rings. The number of carboxylic acid groups (broad SMARTS) is 1. The van der Waals surface area contributed by atoms with Gasteiger partial charge >= 0.3 is 5.97 Å². The fourth-order valence-electron chi connectivity index (χ4n) is 3.39. The molecule has 1 saturated carbocycles. The molecule has 2 atom stereocenters. The van der Waals surface area contributed by atoms with Gasteiger partial charge in [-0.05, 0) is 36.6 Å². The molecule has 2 aromatic carbocycles. The number of benzene rings is 2. The van der Waals surface area contributed by atoms with Gasteiger partial charge in [-0.25, -0.2) is 0 Å². The summed E-state index contributed by atoms with van der Waals surface area (Å²) in [7, 11) is 0. The molecule has 2 unspecified atom stereocenters. The van der Waals surface area contributed by atoms with Crippen molar-refractivity contribution in [2.45, 2.75) is 12.8 Å². The summed E-state index contributed by atoms with van der Waals surface area (Å²) in [4.78, 5) is 25.5. The molecular weight excluding hydrogens is 304 g/mol. The third-order valence-electron chi connectivity index (χ3n) is 4.78. The van der Waals surface area contributed by atoms with Crippen molar-refractivity contribution in [1.82, 2.24) is 0 Å². The van der Waals surface area contributed by atoms with Crippen molar-refractivity contribution in [2.24, 2.45) is 11.8 Å². The van der Waals surface area contributed by atoms with E-state index in [0.717, 1.165) is 30.0 Å². The number of hydrogen-bond donors (Lipinski definition) is 2. The van der Waals surface area contributed by atoms with Crippen LogP contribution in [-0.2, 0) is 16.0 Å². The number of anilines is 3. The molecule has 2 N–H and O–H groups in total. The monoisotopic (exact) mass is 322 g/mol. The maximum Gasteiger partial charge on any atom is 0.307 e. The Morgan fingerprint density at radius 1 is 1.00 bits per heavy atom. The average Bonchev–Trinajstić information content (AvgIpc) is 3.29. The first-order valence-corrected chi connectivity index (χ1v) is 8.13. The van der Waals surface area contributed by atoms with Crippen LogP contribution in [0, 0.1) is 11.8 Å². The van der Waals surface area contributed by atoms with Gasteiger partial charge in [-0.15, -0.1) is 0 Å². The van der Waals surface area contributed by atoms with Crippen molar-refractivity contribution < 1.29 is 14.7 Å². The number of carbonyl (C=O) groups is 2. The molecule has 2 aromatic rings. The summed E-state index contributed by atoms with van der Waals surface area (Å²) in [6.07, 6.45) is 1.40. The van der Waals surface area contributed by atoms with E-state index < -0.39 is 17.8 Å². The number of aliphatic carboxylic acids is 1. The van der Waals surface area contributed by atoms with E-state index >= 15 is 0 Å². The van der Waals surface area contributed by atoms with Crippen LogP contribution in [0.25, 0.3) is 0 Å². The summed E-state index contributed by atoms with van der Waals surface area (Å²) in [6, 6.07) is 15.9. The Bertz CT molecular complexity index is 818. The van der Waals surface area contributed by atoms with Crippen LogP contribution in [0.4, 0.5) is 17.1 Å². The van der Waals surface area contributed by atoms with Gasteiger partial charge < -0.3 is 15.3 Å². The zero-order valence-electron chi connectivity index (χ0n) is 13.1. The van der Waals surface area contributed by atoms with E-state index in [-0.39, 0.29) is 5.91 Å². The summed E-state index contributed by atoms with van der Waals surface area (Å²) in [5, 5.41) is 11.9. The smallest absolute Gasteiger partial charge is 0.307 e. The minimum Gasteiger partial charge on any atom is -0.481 e. The summed E-state index contributed by atoms with van der Waals surface area (Å²) in [5.74, 6) is -2.05. The van der Waals surface area contributed by atoms with Gasteiger partial charge in [0, 0.05) is 12.2 Å². The van der Waals surface area contributed by atoms with E-state index in [4.69, 9.17) is 5.11 Å². The van der Waals surface area contributed by atoms with E-state index in [1.807, 2.05) is 36.4 Å². The van der Waals surface area contributed by atoms with Crippen LogP contribution in [0.15, 0.2) is 48.5 Å². The highest BCUT2D eigenvalue weighted by Gasteiger charge is 2.48. The van der Waals surface area contributed by atoms with Crippen molar-refractivity contribution in [1.29, 1.82) is 0 Å². The number of amides is 1. The number of carbonyl (C=O) groups excluding carboxylic acids is 1. The van der Waals surface area contributed by atoms with Crippen LogP contribution in [0.1, 0.15) is 12.0 Å². The lowest BCUT2D eigenvalue weighted by molar-refractivity contribution is -0.139. The fraction of sp³-hybridized carbons (Fsp3) is 0.263. The molecule has 0 bridgehead atoms. The van der Waals surface area contributed by atoms with Gasteiger partial charge in [0.2, 0.25) is 5.91 Å². The molecule has 2 aliphatic rings. The number of hydrogen-bond acceptors (Lipinski definition) is 3. The number of fused-ring (bicyclic) bond motifs is 1. The van der Waals surface area contributed by atoms with E-state index in [2.05, 4.69) is 22.3 Å². The second kappa shape index (κ2) is 5.67. The Morgan fingerprint density at radius 2 is 1.71 bits per heavy atom. The Kier molecular flexibility index (Phi) is 3.49. The third kappa shape index (κ3) is 2.52. The summed E-state index contributed by atoms with van der Waals surface area (Å²) in [6.45, 7) is 0.868. The first-order chi connectivity index (χ1) is 11.6. The average molecular weight is 322 g/mol. The van der Waals surface area contributed by atoms with Crippen LogP contribution in [0.5, 0.6) is 0 Å². The van der Waals surface area contributed by atoms with Crippen molar-refractivity contribution in [2.75, 3.05) is 16.8 Å². The van der Waals surface area contributed by atoms with Crippen molar-refractivity contribution >= 4 is 28.9 Å². The van der Waals surface area contributed by atoms with Crippen LogP contribution in [0.3, 0.4) is 0 Å². The van der Waals surface area contributed by atoms with Crippen molar-refractivity contribution in [3.63, 3.8) is 0 Å². The van der Waals surface area contributed by atoms with Gasteiger partial charge in [-0.2, -0.15) is 0 Å². The molecule has 0 saturated heterocycles. The maximum atomic E-state index is 12.3. The number of nitrogens with one attached hydrogen (secondary N) is 1. The molecule has 1 aliphatic heterocycles. The zero-order chi connectivity index (χ0) is 16.7. The summed E-state index contributed by atoms with van der Waals surface area (Å²) in [5.41, 5.74) is 4.14. The number of para-hydroxylation sites is 3. The van der Waals surface area contributed by atoms with Crippen LogP contribution in [-0.4, -0.2) is 23.5 Å². The first-order valence-electron chi connectivity index (χ1n) is 8.13. The van der Waals surface area contributed by atoms with Gasteiger partial charge in [-0.3, -0.25) is 9.59 Å². The first kappa shape index (κ1) is 14.8. The van der Waals surface area contributed by atoms with Crippen LogP contribution >= 0.6 is 0 Å². The predicted molar refractivity (Wildman–Crippen MR) is 91.5 cm³/mol. The lowest BCUT2D eigenvalue weighted by atomic mass is 10.1. The Balaban J connectivity index is 1.58. The lowest BCUT2D eigenvalue weighted by Crippen LogP contribution is -2.20. The molecule has 0 spiro atoms. The van der Waals surface area contributed by atoms with E-state index in [1.165, 1.54) is 5.56 Å². The third-order valence-corrected chi connectivity index (χ3v) is 4.78. The van der Waals surface area contributed by atoms with Gasteiger partial charge in [0.05, 0.1) is 23.2 Å². The quantitative estimate of drug-likeness (QED) is 0.908. The van der Waals surface area contributed by atoms with Gasteiger partial charge in [0.1, 0.15) is 0 Å². The standard InChI is InChI=1S/C19H18N2O3/c22-18(13-11-14(13)19(23)24)20-15-6-2-4-8-17(15)21-10-9-12-5-1-3-7-16(12)21/h1-8,13-14H,9-11H2,(H,20,22)(H,23,24). The lowest BCUT2D eigenvalue weighted by Gasteiger charge is -2.23. The van der Waals surface area contributed by atoms with E-state index in [1.54, 1.807) is 0 Å². The molecule has 4 rings (SSSR count). The molecule has 5 heteroatoms. The summed E-state index contributed by atoms with van der Waals surface area (Å²) < 4.78 is 0. The SMILES string of the molecule is O=C(O)C1CC1C(=O)Nc1ccccc1N1CCc2ccccc21. The second-order valence-corrected chi connectivity index (χ2v) is 6.32. The minimum absolute atomic E-state index is 0.206. The molecule has 1 heterocycles. The normalized spacial score (nSPS) is 21.2. The summed E-state index contributed by atoms with van der Waals surface area (Å²) >= 11 is 0. The van der Waals surface area contributed by atoms with Gasteiger partial charge in [-0.1, -0.05) is 30.3 Å². The topological polar surface area (TPSA) is 69.6 Å². The van der Waals surface area contributed by atoms with Gasteiger partial charge in [0.25, 0.3) is 0 Å². The molecule has 0 radical (unpaired) electrons.